The standard InChI is InChI=1S/C31H36BrN3O5S/c1-22-11-17-29(18-12-22)41(38,39)35(27-13-15-28(40-3)16-14-27)21-30(36)34(20-24-7-6-8-25(32)19-24)23(2)31(37)33-26-9-4-5-10-26/h6-8,11-19,23,26H,4-5,9-10,20-21H2,1-3H3,(H,33,37). The first kappa shape index (κ1) is 30.6. The second kappa shape index (κ2) is 13.5. The Morgan fingerprint density at radius 2 is 1.68 bits per heavy atom. The highest BCUT2D eigenvalue weighted by molar-refractivity contribution is 9.10. The Bertz CT molecular complexity index is 1460. The van der Waals surface area contributed by atoms with Crippen LogP contribution in [0, 0.1) is 6.92 Å². The summed E-state index contributed by atoms with van der Waals surface area (Å²) in [5, 5.41) is 3.08. The average molecular weight is 643 g/mol. The first-order chi connectivity index (χ1) is 19.6. The normalized spacial score (nSPS) is 14.3. The van der Waals surface area contributed by atoms with Crippen molar-refractivity contribution in [3.05, 3.63) is 88.4 Å². The Kier molecular flexibility index (Phi) is 10.1. The zero-order valence-corrected chi connectivity index (χ0v) is 25.9. The van der Waals surface area contributed by atoms with Gasteiger partial charge >= 0.3 is 0 Å². The first-order valence-corrected chi connectivity index (χ1v) is 15.9. The molecule has 1 N–H and O–H groups in total. The summed E-state index contributed by atoms with van der Waals surface area (Å²) in [6.45, 7) is 3.21. The van der Waals surface area contributed by atoms with Gasteiger partial charge in [-0.05, 0) is 80.8 Å². The minimum absolute atomic E-state index is 0.0669. The van der Waals surface area contributed by atoms with E-state index in [0.29, 0.717) is 11.4 Å². The number of amides is 2. The quantitative estimate of drug-likeness (QED) is 0.301. The molecule has 0 heterocycles. The van der Waals surface area contributed by atoms with E-state index >= 15 is 0 Å². The molecule has 3 aromatic rings. The fraction of sp³-hybridized carbons (Fsp3) is 0.355. The van der Waals surface area contributed by atoms with Gasteiger partial charge in [0.1, 0.15) is 18.3 Å². The van der Waals surface area contributed by atoms with E-state index < -0.39 is 28.5 Å². The molecule has 3 aromatic carbocycles. The van der Waals surface area contributed by atoms with E-state index in [-0.39, 0.29) is 23.4 Å². The molecule has 1 unspecified atom stereocenters. The van der Waals surface area contributed by atoms with Crippen molar-refractivity contribution in [3.63, 3.8) is 0 Å². The molecule has 4 rings (SSSR count). The van der Waals surface area contributed by atoms with Crippen LogP contribution in [0.4, 0.5) is 5.69 Å². The lowest BCUT2D eigenvalue weighted by atomic mass is 10.1. The fourth-order valence-electron chi connectivity index (χ4n) is 4.92. The number of nitrogens with zero attached hydrogens (tertiary/aromatic N) is 2. The zero-order chi connectivity index (χ0) is 29.6. The molecule has 0 aliphatic heterocycles. The Morgan fingerprint density at radius 1 is 1.02 bits per heavy atom. The molecule has 0 radical (unpaired) electrons. The van der Waals surface area contributed by atoms with Gasteiger partial charge in [0, 0.05) is 17.1 Å². The van der Waals surface area contributed by atoms with E-state index in [9.17, 15) is 18.0 Å². The number of ether oxygens (including phenoxy) is 1. The predicted molar refractivity (Wildman–Crippen MR) is 163 cm³/mol. The second-order valence-electron chi connectivity index (χ2n) is 10.3. The molecule has 1 saturated carbocycles. The van der Waals surface area contributed by atoms with Gasteiger partial charge in [0.05, 0.1) is 17.7 Å². The molecule has 41 heavy (non-hydrogen) atoms. The third-order valence-electron chi connectivity index (χ3n) is 7.36. The summed E-state index contributed by atoms with van der Waals surface area (Å²) < 4.78 is 35.0. The highest BCUT2D eigenvalue weighted by Crippen LogP contribution is 2.27. The molecule has 1 aliphatic carbocycles. The molecular formula is C31H36BrN3O5S. The lowest BCUT2D eigenvalue weighted by Gasteiger charge is -2.32. The molecule has 218 valence electrons. The number of hydrogen-bond donors (Lipinski definition) is 1. The molecule has 0 spiro atoms. The minimum Gasteiger partial charge on any atom is -0.497 e. The summed E-state index contributed by atoms with van der Waals surface area (Å²) in [6, 6.07) is 19.8. The topological polar surface area (TPSA) is 96.0 Å². The van der Waals surface area contributed by atoms with E-state index in [1.807, 2.05) is 31.2 Å². The van der Waals surface area contributed by atoms with E-state index in [0.717, 1.165) is 45.6 Å². The second-order valence-corrected chi connectivity index (χ2v) is 13.1. The molecule has 0 bridgehead atoms. The molecule has 1 atom stereocenters. The molecule has 10 heteroatoms. The van der Waals surface area contributed by atoms with Gasteiger partial charge in [-0.3, -0.25) is 13.9 Å². The van der Waals surface area contributed by atoms with E-state index in [1.54, 1.807) is 43.3 Å². The van der Waals surface area contributed by atoms with Crippen molar-refractivity contribution in [1.29, 1.82) is 0 Å². The summed E-state index contributed by atoms with van der Waals surface area (Å²) in [5.41, 5.74) is 2.04. The predicted octanol–water partition coefficient (Wildman–Crippen LogP) is 5.44. The SMILES string of the molecule is COc1ccc(N(CC(=O)N(Cc2cccc(Br)c2)C(C)C(=O)NC2CCCC2)S(=O)(=O)c2ccc(C)cc2)cc1. The van der Waals surface area contributed by atoms with Crippen LogP contribution in [0.25, 0.3) is 0 Å². The number of benzene rings is 3. The molecule has 0 saturated heterocycles. The van der Waals surface area contributed by atoms with Crippen molar-refractivity contribution in [1.82, 2.24) is 10.2 Å². The summed E-state index contributed by atoms with van der Waals surface area (Å²) in [6.07, 6.45) is 3.96. The van der Waals surface area contributed by atoms with E-state index in [1.165, 1.54) is 24.1 Å². The van der Waals surface area contributed by atoms with Crippen molar-refractivity contribution in [3.8, 4) is 5.75 Å². The molecule has 2 amide bonds. The van der Waals surface area contributed by atoms with Crippen LogP contribution in [0.1, 0.15) is 43.7 Å². The highest BCUT2D eigenvalue weighted by atomic mass is 79.9. The van der Waals surface area contributed by atoms with Gasteiger partial charge in [0.25, 0.3) is 10.0 Å². The highest BCUT2D eigenvalue weighted by Gasteiger charge is 2.33. The van der Waals surface area contributed by atoms with Crippen molar-refractivity contribution in [2.24, 2.45) is 0 Å². The fourth-order valence-corrected chi connectivity index (χ4v) is 6.78. The minimum atomic E-state index is -4.13. The van der Waals surface area contributed by atoms with Gasteiger partial charge in [0.2, 0.25) is 11.8 Å². The van der Waals surface area contributed by atoms with Gasteiger partial charge in [-0.15, -0.1) is 0 Å². The van der Waals surface area contributed by atoms with Gasteiger partial charge in [-0.2, -0.15) is 0 Å². The van der Waals surface area contributed by atoms with Gasteiger partial charge < -0.3 is 15.0 Å². The number of sulfonamides is 1. The number of hydrogen-bond acceptors (Lipinski definition) is 5. The van der Waals surface area contributed by atoms with Crippen molar-refractivity contribution in [2.45, 2.75) is 63.1 Å². The van der Waals surface area contributed by atoms with Crippen LogP contribution in [0.5, 0.6) is 5.75 Å². The molecule has 8 nitrogen and oxygen atoms in total. The van der Waals surface area contributed by atoms with Gasteiger partial charge in [-0.1, -0.05) is 58.6 Å². The maximum Gasteiger partial charge on any atom is 0.264 e. The van der Waals surface area contributed by atoms with E-state index in [4.69, 9.17) is 4.74 Å². The number of carbonyl (C=O) groups excluding carboxylic acids is 2. The number of methoxy groups -OCH3 is 1. The zero-order valence-electron chi connectivity index (χ0n) is 23.5. The molecule has 1 fully saturated rings. The van der Waals surface area contributed by atoms with Crippen LogP contribution in [0.3, 0.4) is 0 Å². The largest absolute Gasteiger partial charge is 0.497 e. The molecule has 1 aliphatic rings. The number of rotatable bonds is 11. The summed E-state index contributed by atoms with van der Waals surface area (Å²) in [7, 11) is -2.60. The molecular weight excluding hydrogens is 606 g/mol. The first-order valence-electron chi connectivity index (χ1n) is 13.7. The lowest BCUT2D eigenvalue weighted by molar-refractivity contribution is -0.139. The van der Waals surface area contributed by atoms with Gasteiger partial charge in [0.15, 0.2) is 0 Å². The van der Waals surface area contributed by atoms with Gasteiger partial charge in [-0.25, -0.2) is 8.42 Å². The number of nitrogens with one attached hydrogen (secondary N) is 1. The Labute approximate surface area is 250 Å². The third kappa shape index (κ3) is 7.68. The lowest BCUT2D eigenvalue weighted by Crippen LogP contribution is -2.52. The van der Waals surface area contributed by atoms with Crippen LogP contribution in [-0.4, -0.2) is 50.9 Å². The third-order valence-corrected chi connectivity index (χ3v) is 9.64. The smallest absolute Gasteiger partial charge is 0.264 e. The Balaban J connectivity index is 1.69. The van der Waals surface area contributed by atoms with E-state index in [2.05, 4.69) is 21.2 Å². The number of anilines is 1. The number of carbonyl (C=O) groups is 2. The number of halogens is 1. The van der Waals surface area contributed by atoms with Crippen LogP contribution >= 0.6 is 15.9 Å². The van der Waals surface area contributed by atoms with Crippen molar-refractivity contribution in [2.75, 3.05) is 18.0 Å². The van der Waals surface area contributed by atoms with Crippen LogP contribution in [0.15, 0.2) is 82.2 Å². The average Bonchev–Trinajstić information content (AvgIpc) is 3.47. The summed E-state index contributed by atoms with van der Waals surface area (Å²) >= 11 is 3.47. The maximum atomic E-state index is 14.1. The monoisotopic (exact) mass is 641 g/mol. The molecule has 0 aromatic heterocycles. The van der Waals surface area contributed by atoms with Crippen molar-refractivity contribution >= 4 is 43.5 Å². The number of aryl methyl sites for hydroxylation is 1. The van der Waals surface area contributed by atoms with Crippen molar-refractivity contribution < 1.29 is 22.7 Å². The summed E-state index contributed by atoms with van der Waals surface area (Å²) in [5.74, 6) is -0.190. The Hall–Kier alpha value is -3.37. The maximum absolute atomic E-state index is 14.1. The Morgan fingerprint density at radius 3 is 2.29 bits per heavy atom. The van der Waals surface area contributed by atoms with Crippen LogP contribution < -0.4 is 14.4 Å². The van der Waals surface area contributed by atoms with Crippen LogP contribution in [-0.2, 0) is 26.2 Å². The van der Waals surface area contributed by atoms with Crippen LogP contribution in [0.2, 0.25) is 0 Å². The summed E-state index contributed by atoms with van der Waals surface area (Å²) in [4.78, 5) is 28.9.